The first kappa shape index (κ1) is 13.1. The van der Waals surface area contributed by atoms with E-state index < -0.39 is 0 Å². The van der Waals surface area contributed by atoms with Crippen molar-refractivity contribution in [2.75, 3.05) is 0 Å². The minimum absolute atomic E-state index is 0.457. The first-order valence-electron chi connectivity index (χ1n) is 7.50. The quantitative estimate of drug-likeness (QED) is 0.725. The highest BCUT2D eigenvalue weighted by molar-refractivity contribution is 5.77. The predicted molar refractivity (Wildman–Crippen MR) is 87.6 cm³/mol. The van der Waals surface area contributed by atoms with Crippen LogP contribution in [0.2, 0.25) is 0 Å². The highest BCUT2D eigenvalue weighted by Gasteiger charge is 2.16. The number of fused-ring (bicyclic) bond motifs is 2. The minimum atomic E-state index is 0.457. The SMILES string of the molecule is C[C@H]1C=Nc2c(Cc3cc4ncccc4cn3)ccnc2C1. The summed E-state index contributed by atoms with van der Waals surface area (Å²) < 4.78 is 0. The summed E-state index contributed by atoms with van der Waals surface area (Å²) in [6.45, 7) is 2.16. The van der Waals surface area contributed by atoms with Crippen molar-refractivity contribution in [2.24, 2.45) is 10.9 Å². The van der Waals surface area contributed by atoms with E-state index in [2.05, 4.69) is 32.9 Å². The Morgan fingerprint density at radius 1 is 1.14 bits per heavy atom. The average Bonchev–Trinajstić information content (AvgIpc) is 2.55. The topological polar surface area (TPSA) is 51.0 Å². The van der Waals surface area contributed by atoms with Crippen LogP contribution in [0.5, 0.6) is 0 Å². The van der Waals surface area contributed by atoms with Crippen molar-refractivity contribution in [2.45, 2.75) is 19.8 Å². The summed E-state index contributed by atoms with van der Waals surface area (Å²) in [4.78, 5) is 18.0. The molecule has 1 aliphatic heterocycles. The number of hydrogen-bond donors (Lipinski definition) is 0. The van der Waals surface area contributed by atoms with E-state index in [1.54, 1.807) is 0 Å². The normalized spacial score (nSPS) is 16.7. The summed E-state index contributed by atoms with van der Waals surface area (Å²) in [7, 11) is 0. The van der Waals surface area contributed by atoms with Gasteiger partial charge in [0.25, 0.3) is 0 Å². The van der Waals surface area contributed by atoms with Crippen molar-refractivity contribution in [1.29, 1.82) is 0 Å². The maximum Gasteiger partial charge on any atom is 0.0877 e. The van der Waals surface area contributed by atoms with Crippen LogP contribution >= 0.6 is 0 Å². The van der Waals surface area contributed by atoms with E-state index >= 15 is 0 Å². The molecule has 22 heavy (non-hydrogen) atoms. The molecule has 0 unspecified atom stereocenters. The lowest BCUT2D eigenvalue weighted by Crippen LogP contribution is -2.09. The zero-order chi connectivity index (χ0) is 14.9. The Labute approximate surface area is 129 Å². The Balaban J connectivity index is 1.72. The van der Waals surface area contributed by atoms with Gasteiger partial charge in [0.1, 0.15) is 0 Å². The molecule has 0 N–H and O–H groups in total. The van der Waals surface area contributed by atoms with E-state index in [9.17, 15) is 0 Å². The first-order valence-corrected chi connectivity index (χ1v) is 7.50. The number of aromatic nitrogens is 3. The molecule has 108 valence electrons. The van der Waals surface area contributed by atoms with Gasteiger partial charge in [0.15, 0.2) is 0 Å². The van der Waals surface area contributed by atoms with Crippen LogP contribution in [0.15, 0.2) is 47.8 Å². The van der Waals surface area contributed by atoms with Crippen LogP contribution in [-0.2, 0) is 12.8 Å². The molecule has 4 nitrogen and oxygen atoms in total. The molecule has 3 aromatic heterocycles. The van der Waals surface area contributed by atoms with E-state index in [1.165, 1.54) is 5.56 Å². The molecule has 4 rings (SSSR count). The average molecular weight is 288 g/mol. The highest BCUT2D eigenvalue weighted by atomic mass is 14.8. The van der Waals surface area contributed by atoms with Gasteiger partial charge < -0.3 is 0 Å². The summed E-state index contributed by atoms with van der Waals surface area (Å²) in [5, 5.41) is 1.06. The second-order valence-corrected chi connectivity index (χ2v) is 5.77. The van der Waals surface area contributed by atoms with Crippen LogP contribution in [0.4, 0.5) is 5.69 Å². The number of aliphatic imine (C=N–C) groups is 1. The molecule has 0 aliphatic carbocycles. The summed E-state index contributed by atoms with van der Waals surface area (Å²) >= 11 is 0. The third-order valence-electron chi connectivity index (χ3n) is 3.97. The Morgan fingerprint density at radius 2 is 2.09 bits per heavy atom. The van der Waals surface area contributed by atoms with Crippen LogP contribution in [0, 0.1) is 5.92 Å². The van der Waals surface area contributed by atoms with Gasteiger partial charge in [-0.15, -0.1) is 0 Å². The van der Waals surface area contributed by atoms with E-state index in [0.717, 1.165) is 40.8 Å². The van der Waals surface area contributed by atoms with Gasteiger partial charge in [-0.1, -0.05) is 6.92 Å². The van der Waals surface area contributed by atoms with E-state index in [0.29, 0.717) is 5.92 Å². The lowest BCUT2D eigenvalue weighted by Gasteiger charge is -2.16. The largest absolute Gasteiger partial charge is 0.260 e. The lowest BCUT2D eigenvalue weighted by atomic mass is 9.98. The summed E-state index contributed by atoms with van der Waals surface area (Å²) in [6.07, 6.45) is 9.30. The Hall–Kier alpha value is -2.62. The maximum atomic E-state index is 4.60. The van der Waals surface area contributed by atoms with Gasteiger partial charge in [-0.05, 0) is 42.2 Å². The Kier molecular flexibility index (Phi) is 3.15. The fourth-order valence-corrected chi connectivity index (χ4v) is 2.85. The Bertz CT molecular complexity index is 870. The van der Waals surface area contributed by atoms with Gasteiger partial charge in [-0.2, -0.15) is 0 Å². The van der Waals surface area contributed by atoms with Gasteiger partial charge in [-0.3, -0.25) is 19.9 Å². The number of hydrogen-bond acceptors (Lipinski definition) is 4. The molecular formula is C18H16N4. The number of nitrogens with zero attached hydrogens (tertiary/aromatic N) is 4. The van der Waals surface area contributed by atoms with E-state index in [1.807, 2.05) is 43.0 Å². The second kappa shape index (κ2) is 5.30. The van der Waals surface area contributed by atoms with E-state index in [-0.39, 0.29) is 0 Å². The van der Waals surface area contributed by atoms with Crippen LogP contribution < -0.4 is 0 Å². The molecule has 0 spiro atoms. The fraction of sp³-hybridized carbons (Fsp3) is 0.222. The standard InChI is InChI=1S/C18H16N4/c1-12-7-17-18(22-10-12)13(4-6-20-17)8-15-9-16-14(11-21-15)3-2-5-19-16/h2-6,9-12H,7-8H2,1H3/t12-/m1/s1. The minimum Gasteiger partial charge on any atom is -0.260 e. The smallest absolute Gasteiger partial charge is 0.0877 e. The summed E-state index contributed by atoms with van der Waals surface area (Å²) in [5.74, 6) is 0.457. The van der Waals surface area contributed by atoms with E-state index in [4.69, 9.17) is 0 Å². The van der Waals surface area contributed by atoms with Crippen LogP contribution in [0.25, 0.3) is 10.9 Å². The lowest BCUT2D eigenvalue weighted by molar-refractivity contribution is 0.746. The number of pyridine rings is 3. The molecule has 4 heteroatoms. The molecule has 0 amide bonds. The molecular weight excluding hydrogens is 272 g/mol. The van der Waals surface area contributed by atoms with Gasteiger partial charge in [0.05, 0.1) is 16.9 Å². The predicted octanol–water partition coefficient (Wildman–Crippen LogP) is 3.51. The van der Waals surface area contributed by atoms with Gasteiger partial charge >= 0.3 is 0 Å². The first-order chi connectivity index (χ1) is 10.8. The van der Waals surface area contributed by atoms with Gasteiger partial charge in [0, 0.05) is 42.3 Å². The molecule has 0 saturated heterocycles. The molecule has 0 fully saturated rings. The molecule has 1 aliphatic rings. The third-order valence-corrected chi connectivity index (χ3v) is 3.97. The van der Waals surface area contributed by atoms with Crippen LogP contribution in [-0.4, -0.2) is 21.2 Å². The maximum absolute atomic E-state index is 4.60. The van der Waals surface area contributed by atoms with Crippen molar-refractivity contribution in [3.63, 3.8) is 0 Å². The Morgan fingerprint density at radius 3 is 3.05 bits per heavy atom. The molecule has 4 heterocycles. The van der Waals surface area contributed by atoms with Crippen molar-refractivity contribution in [1.82, 2.24) is 15.0 Å². The molecule has 0 aromatic carbocycles. The molecule has 0 saturated carbocycles. The molecule has 3 aromatic rings. The fourth-order valence-electron chi connectivity index (χ4n) is 2.85. The summed E-state index contributed by atoms with van der Waals surface area (Å²) in [5.41, 5.74) is 5.27. The number of rotatable bonds is 2. The zero-order valence-corrected chi connectivity index (χ0v) is 12.4. The van der Waals surface area contributed by atoms with Crippen LogP contribution in [0.1, 0.15) is 23.9 Å². The van der Waals surface area contributed by atoms with Crippen molar-refractivity contribution in [3.8, 4) is 0 Å². The van der Waals surface area contributed by atoms with Gasteiger partial charge in [-0.25, -0.2) is 0 Å². The van der Waals surface area contributed by atoms with Crippen LogP contribution in [0.3, 0.4) is 0 Å². The zero-order valence-electron chi connectivity index (χ0n) is 12.4. The van der Waals surface area contributed by atoms with Gasteiger partial charge in [0.2, 0.25) is 0 Å². The highest BCUT2D eigenvalue weighted by Crippen LogP contribution is 2.29. The van der Waals surface area contributed by atoms with Crippen molar-refractivity contribution < 1.29 is 0 Å². The summed E-state index contributed by atoms with van der Waals surface area (Å²) in [6, 6.07) is 8.05. The molecule has 1 atom stereocenters. The second-order valence-electron chi connectivity index (χ2n) is 5.77. The van der Waals surface area contributed by atoms with Crippen molar-refractivity contribution >= 4 is 22.8 Å². The third kappa shape index (κ3) is 2.37. The molecule has 0 bridgehead atoms. The monoisotopic (exact) mass is 288 g/mol. The molecule has 0 radical (unpaired) electrons. The van der Waals surface area contributed by atoms with Crippen molar-refractivity contribution in [3.05, 3.63) is 59.8 Å².